The molecule has 5 nitrogen and oxygen atoms in total. The predicted molar refractivity (Wildman–Crippen MR) is 110 cm³/mol. The van der Waals surface area contributed by atoms with Gasteiger partial charge in [-0.15, -0.1) is 11.3 Å². The van der Waals surface area contributed by atoms with Crippen LogP contribution in [0.15, 0.2) is 34.8 Å². The molecule has 0 bridgehead atoms. The van der Waals surface area contributed by atoms with E-state index in [1.54, 1.807) is 17.5 Å². The van der Waals surface area contributed by atoms with Crippen molar-refractivity contribution in [2.75, 3.05) is 19.6 Å². The molecule has 1 saturated heterocycles. The van der Waals surface area contributed by atoms with Gasteiger partial charge < -0.3 is 10.6 Å². The van der Waals surface area contributed by atoms with Crippen molar-refractivity contribution in [2.24, 2.45) is 10.9 Å². The predicted octanol–water partition coefficient (Wildman–Crippen LogP) is 3.52. The second kappa shape index (κ2) is 8.76. The molecule has 142 valence electrons. The lowest BCUT2D eigenvalue weighted by Crippen LogP contribution is -2.38. The summed E-state index contributed by atoms with van der Waals surface area (Å²) in [5.41, 5.74) is 3.54. The van der Waals surface area contributed by atoms with E-state index in [0.717, 1.165) is 55.9 Å². The van der Waals surface area contributed by atoms with E-state index in [0.29, 0.717) is 18.0 Å². The molecule has 0 aliphatic carbocycles. The lowest BCUT2D eigenvalue weighted by Gasteiger charge is -2.23. The molecule has 4 heterocycles. The number of amides is 1. The summed E-state index contributed by atoms with van der Waals surface area (Å²) in [6.45, 7) is 2.79. The van der Waals surface area contributed by atoms with Gasteiger partial charge in [0, 0.05) is 29.8 Å². The molecule has 2 aliphatic rings. The van der Waals surface area contributed by atoms with Gasteiger partial charge in [0.1, 0.15) is 0 Å². The molecule has 2 aromatic rings. The van der Waals surface area contributed by atoms with Gasteiger partial charge in [0.15, 0.2) is 0 Å². The number of aliphatic imine (C=N–C) groups is 1. The fourth-order valence-corrected chi connectivity index (χ4v) is 4.57. The third-order valence-corrected chi connectivity index (χ3v) is 6.18. The minimum absolute atomic E-state index is 0.0275. The molecular formula is C21H26N4OS. The molecule has 1 atom stereocenters. The number of carbonyl (C=O) groups excluding carboxylic acids is 1. The molecular weight excluding hydrogens is 356 g/mol. The summed E-state index contributed by atoms with van der Waals surface area (Å²) >= 11 is 1.76. The molecule has 2 N–H and O–H groups in total. The van der Waals surface area contributed by atoms with Gasteiger partial charge in [-0.3, -0.25) is 14.8 Å². The number of piperidine rings is 1. The summed E-state index contributed by atoms with van der Waals surface area (Å²) in [5.74, 6) is 0.487. The second-order valence-corrected chi connectivity index (χ2v) is 8.40. The SMILES string of the molecule is O=C(NCC1CCCNC1)c1ccnc2c1N=C(Cc1cccs1)CCC2. The van der Waals surface area contributed by atoms with E-state index >= 15 is 0 Å². The molecule has 4 rings (SSSR count). The van der Waals surface area contributed by atoms with E-state index in [2.05, 4.69) is 33.1 Å². The second-order valence-electron chi connectivity index (χ2n) is 7.36. The fraction of sp³-hybridized carbons (Fsp3) is 0.476. The Labute approximate surface area is 164 Å². The highest BCUT2D eigenvalue weighted by Crippen LogP contribution is 2.29. The van der Waals surface area contributed by atoms with Crippen LogP contribution < -0.4 is 10.6 Å². The number of fused-ring (bicyclic) bond motifs is 1. The number of rotatable bonds is 5. The van der Waals surface area contributed by atoms with Gasteiger partial charge in [-0.25, -0.2) is 0 Å². The van der Waals surface area contributed by atoms with Crippen molar-refractivity contribution in [3.63, 3.8) is 0 Å². The topological polar surface area (TPSA) is 66.4 Å². The van der Waals surface area contributed by atoms with Crippen LogP contribution in [0.1, 0.15) is 46.6 Å². The van der Waals surface area contributed by atoms with E-state index < -0.39 is 0 Å². The third kappa shape index (κ3) is 4.62. The van der Waals surface area contributed by atoms with Crippen molar-refractivity contribution >= 4 is 28.6 Å². The molecule has 2 aliphatic heterocycles. The highest BCUT2D eigenvalue weighted by atomic mass is 32.1. The normalized spacial score (nSPS) is 19.7. The van der Waals surface area contributed by atoms with E-state index in [9.17, 15) is 4.79 Å². The van der Waals surface area contributed by atoms with Crippen molar-refractivity contribution in [1.29, 1.82) is 0 Å². The number of thiophene rings is 1. The number of pyridine rings is 1. The zero-order chi connectivity index (χ0) is 18.5. The molecule has 0 radical (unpaired) electrons. The van der Waals surface area contributed by atoms with Gasteiger partial charge >= 0.3 is 0 Å². The van der Waals surface area contributed by atoms with Crippen LogP contribution in [0.2, 0.25) is 0 Å². The molecule has 0 saturated carbocycles. The number of carbonyl (C=O) groups is 1. The molecule has 2 aromatic heterocycles. The van der Waals surface area contributed by atoms with Crippen LogP contribution in [0.3, 0.4) is 0 Å². The number of nitrogens with one attached hydrogen (secondary N) is 2. The third-order valence-electron chi connectivity index (χ3n) is 5.30. The van der Waals surface area contributed by atoms with Crippen molar-refractivity contribution in [3.05, 3.63) is 45.9 Å². The summed E-state index contributed by atoms with van der Waals surface area (Å²) in [6.07, 6.45) is 7.83. The average Bonchev–Trinajstić information content (AvgIpc) is 3.12. The van der Waals surface area contributed by atoms with Crippen LogP contribution in [0.5, 0.6) is 0 Å². The number of hydrogen-bond donors (Lipinski definition) is 2. The zero-order valence-electron chi connectivity index (χ0n) is 15.5. The van der Waals surface area contributed by atoms with Crippen LogP contribution in [0, 0.1) is 5.92 Å². The first-order valence-electron chi connectivity index (χ1n) is 9.85. The minimum atomic E-state index is -0.0275. The highest BCUT2D eigenvalue weighted by Gasteiger charge is 2.20. The molecule has 0 aromatic carbocycles. The lowest BCUT2D eigenvalue weighted by atomic mass is 9.99. The van der Waals surface area contributed by atoms with E-state index in [-0.39, 0.29) is 5.91 Å². The highest BCUT2D eigenvalue weighted by molar-refractivity contribution is 7.10. The number of hydrogen-bond acceptors (Lipinski definition) is 5. The van der Waals surface area contributed by atoms with Crippen LogP contribution in [-0.2, 0) is 12.8 Å². The van der Waals surface area contributed by atoms with Crippen LogP contribution in [0.4, 0.5) is 5.69 Å². The van der Waals surface area contributed by atoms with Gasteiger partial charge in [0.25, 0.3) is 5.91 Å². The van der Waals surface area contributed by atoms with E-state index in [1.165, 1.54) is 17.7 Å². The zero-order valence-corrected chi connectivity index (χ0v) is 16.4. The Morgan fingerprint density at radius 2 is 2.26 bits per heavy atom. The molecule has 0 spiro atoms. The Morgan fingerprint density at radius 1 is 1.30 bits per heavy atom. The summed E-state index contributed by atoms with van der Waals surface area (Å²) in [4.78, 5) is 23.6. The number of aromatic nitrogens is 1. The Bertz CT molecular complexity index is 810. The molecule has 1 unspecified atom stereocenters. The van der Waals surface area contributed by atoms with Gasteiger partial charge in [-0.1, -0.05) is 6.07 Å². The van der Waals surface area contributed by atoms with E-state index in [4.69, 9.17) is 4.99 Å². The first-order valence-corrected chi connectivity index (χ1v) is 10.7. The maximum Gasteiger partial charge on any atom is 0.253 e. The van der Waals surface area contributed by atoms with Crippen LogP contribution in [0.25, 0.3) is 0 Å². The summed E-state index contributed by atoms with van der Waals surface area (Å²) < 4.78 is 0. The van der Waals surface area contributed by atoms with Crippen LogP contribution in [-0.4, -0.2) is 36.2 Å². The molecule has 1 fully saturated rings. The van der Waals surface area contributed by atoms with Gasteiger partial charge in [-0.2, -0.15) is 0 Å². The van der Waals surface area contributed by atoms with Gasteiger partial charge in [-0.05, 0) is 68.6 Å². The Morgan fingerprint density at radius 3 is 3.07 bits per heavy atom. The van der Waals surface area contributed by atoms with E-state index in [1.807, 2.05) is 6.07 Å². The average molecular weight is 383 g/mol. The smallest absolute Gasteiger partial charge is 0.253 e. The Kier molecular flexibility index (Phi) is 5.94. The number of aryl methyl sites for hydroxylation is 1. The van der Waals surface area contributed by atoms with Crippen molar-refractivity contribution in [1.82, 2.24) is 15.6 Å². The lowest BCUT2D eigenvalue weighted by molar-refractivity contribution is 0.0945. The summed E-state index contributed by atoms with van der Waals surface area (Å²) in [5, 5.41) is 8.63. The van der Waals surface area contributed by atoms with Crippen LogP contribution >= 0.6 is 11.3 Å². The first kappa shape index (κ1) is 18.3. The Balaban J connectivity index is 1.52. The quantitative estimate of drug-likeness (QED) is 0.831. The minimum Gasteiger partial charge on any atom is -0.352 e. The standard InChI is InChI=1S/C21H26N4OS/c26-21(24-14-15-4-2-9-22-13-15)18-8-10-23-19-7-1-5-16(25-20(18)19)12-17-6-3-11-27-17/h3,6,8,10-11,15,22H,1-2,4-5,7,9,12-14H2,(H,24,26). The van der Waals surface area contributed by atoms with Crippen molar-refractivity contribution in [3.8, 4) is 0 Å². The van der Waals surface area contributed by atoms with Gasteiger partial charge in [0.05, 0.1) is 16.9 Å². The Hall–Kier alpha value is -2.05. The maximum absolute atomic E-state index is 12.9. The first-order chi connectivity index (χ1) is 13.3. The van der Waals surface area contributed by atoms with Gasteiger partial charge in [0.2, 0.25) is 0 Å². The molecule has 27 heavy (non-hydrogen) atoms. The molecule has 1 amide bonds. The number of nitrogens with zero attached hydrogens (tertiary/aromatic N) is 2. The molecule has 6 heteroatoms. The summed E-state index contributed by atoms with van der Waals surface area (Å²) in [7, 11) is 0. The largest absolute Gasteiger partial charge is 0.352 e. The van der Waals surface area contributed by atoms with Crippen molar-refractivity contribution < 1.29 is 4.79 Å². The fourth-order valence-electron chi connectivity index (χ4n) is 3.83. The summed E-state index contributed by atoms with van der Waals surface area (Å²) in [6, 6.07) is 6.03. The van der Waals surface area contributed by atoms with Crippen molar-refractivity contribution in [2.45, 2.75) is 38.5 Å². The monoisotopic (exact) mass is 382 g/mol. The maximum atomic E-state index is 12.9.